The van der Waals surface area contributed by atoms with E-state index in [1.165, 1.54) is 15.6 Å². The maximum Gasteiger partial charge on any atom is 0.505 e. The van der Waals surface area contributed by atoms with Gasteiger partial charge in [-0.2, -0.15) is 0 Å². The van der Waals surface area contributed by atoms with E-state index in [9.17, 15) is 0 Å². The van der Waals surface area contributed by atoms with Crippen LogP contribution in [0.2, 0.25) is 19.6 Å². The fraction of sp³-hybridized carbons (Fsp3) is 0.474. The molecule has 0 aliphatic carbocycles. The highest BCUT2D eigenvalue weighted by atomic mass is 32.1. The molecule has 0 unspecified atom stereocenters. The van der Waals surface area contributed by atoms with Crippen molar-refractivity contribution in [2.45, 2.75) is 58.5 Å². The Morgan fingerprint density at radius 1 is 0.833 bits per heavy atom. The number of hydrogen-bond donors (Lipinski definition) is 0. The molecular weight excluding hydrogens is 331 g/mol. The van der Waals surface area contributed by atoms with Gasteiger partial charge in [-0.25, -0.2) is 0 Å². The third-order valence-corrected chi connectivity index (χ3v) is 8.37. The second-order valence-electron chi connectivity index (χ2n) is 8.62. The van der Waals surface area contributed by atoms with Crippen molar-refractivity contribution >= 4 is 36.5 Å². The lowest BCUT2D eigenvalue weighted by atomic mass is 9.88. The van der Waals surface area contributed by atoms with Gasteiger partial charge in [-0.15, -0.1) is 11.3 Å². The molecule has 24 heavy (non-hydrogen) atoms. The molecule has 128 valence electrons. The average Bonchev–Trinajstić information content (AvgIpc) is 3.02. The Bertz CT molecular complexity index is 713. The molecule has 1 aliphatic rings. The fourth-order valence-electron chi connectivity index (χ4n) is 2.73. The highest BCUT2D eigenvalue weighted by Crippen LogP contribution is 2.37. The average molecular weight is 358 g/mol. The number of rotatable bonds is 3. The largest absolute Gasteiger partial charge is 0.505 e. The summed E-state index contributed by atoms with van der Waals surface area (Å²) in [6.45, 7) is 15.5. The second kappa shape index (κ2) is 5.84. The number of thiophene rings is 1. The quantitative estimate of drug-likeness (QED) is 0.764. The van der Waals surface area contributed by atoms with Crippen LogP contribution in [0.15, 0.2) is 36.4 Å². The SMILES string of the molecule is CC1(C)OB(c2ccc(-c3ccc([Si](C)(C)C)cc3)s2)OC1(C)C. The van der Waals surface area contributed by atoms with Crippen molar-refractivity contribution < 1.29 is 9.31 Å². The van der Waals surface area contributed by atoms with Crippen LogP contribution in [0.3, 0.4) is 0 Å². The number of benzene rings is 1. The Hall–Kier alpha value is -0.878. The van der Waals surface area contributed by atoms with Crippen LogP contribution in [0.4, 0.5) is 0 Å². The van der Waals surface area contributed by atoms with Crippen molar-refractivity contribution in [3.8, 4) is 10.4 Å². The van der Waals surface area contributed by atoms with Gasteiger partial charge in [0.15, 0.2) is 0 Å². The molecular formula is C19H27BO2SSi. The summed E-state index contributed by atoms with van der Waals surface area (Å²) in [5.74, 6) is 0. The van der Waals surface area contributed by atoms with Gasteiger partial charge in [0, 0.05) is 9.65 Å². The molecule has 2 nitrogen and oxygen atoms in total. The third-order valence-electron chi connectivity index (χ3n) is 5.15. The van der Waals surface area contributed by atoms with Crippen LogP contribution < -0.4 is 9.96 Å². The van der Waals surface area contributed by atoms with Gasteiger partial charge in [0.05, 0.1) is 19.3 Å². The zero-order chi connectivity index (χ0) is 17.8. The van der Waals surface area contributed by atoms with Crippen molar-refractivity contribution in [3.63, 3.8) is 0 Å². The normalized spacial score (nSPS) is 19.7. The van der Waals surface area contributed by atoms with Crippen molar-refractivity contribution in [2.75, 3.05) is 0 Å². The fourth-order valence-corrected chi connectivity index (χ4v) is 4.87. The number of hydrogen-bond acceptors (Lipinski definition) is 3. The van der Waals surface area contributed by atoms with Gasteiger partial charge in [0.1, 0.15) is 0 Å². The Kier molecular flexibility index (Phi) is 4.36. The molecule has 0 saturated carbocycles. The molecule has 0 amide bonds. The highest BCUT2D eigenvalue weighted by molar-refractivity contribution is 7.25. The Balaban J connectivity index is 1.82. The van der Waals surface area contributed by atoms with Crippen molar-refractivity contribution in [2.24, 2.45) is 0 Å². The first-order valence-corrected chi connectivity index (χ1v) is 12.9. The summed E-state index contributed by atoms with van der Waals surface area (Å²) in [7, 11) is -1.51. The molecule has 2 heterocycles. The Labute approximate surface area is 151 Å². The van der Waals surface area contributed by atoms with Crippen LogP contribution in [0.25, 0.3) is 10.4 Å². The van der Waals surface area contributed by atoms with Crippen molar-refractivity contribution in [1.82, 2.24) is 0 Å². The molecule has 1 aromatic heterocycles. The lowest BCUT2D eigenvalue weighted by Crippen LogP contribution is -2.41. The van der Waals surface area contributed by atoms with Crippen LogP contribution in [-0.4, -0.2) is 26.4 Å². The van der Waals surface area contributed by atoms with E-state index in [-0.39, 0.29) is 18.3 Å². The van der Waals surface area contributed by atoms with Crippen LogP contribution in [0.1, 0.15) is 27.7 Å². The minimum atomic E-state index is -1.24. The topological polar surface area (TPSA) is 18.5 Å². The molecule has 1 aromatic carbocycles. The summed E-state index contributed by atoms with van der Waals surface area (Å²) >= 11 is 1.76. The molecule has 2 aromatic rings. The first-order valence-electron chi connectivity index (χ1n) is 8.56. The molecule has 0 N–H and O–H groups in total. The van der Waals surface area contributed by atoms with E-state index in [2.05, 4.69) is 83.7 Å². The smallest absolute Gasteiger partial charge is 0.399 e. The van der Waals surface area contributed by atoms with Gasteiger partial charge >= 0.3 is 7.12 Å². The van der Waals surface area contributed by atoms with E-state index in [1.54, 1.807) is 11.3 Å². The van der Waals surface area contributed by atoms with Gasteiger partial charge in [0.2, 0.25) is 0 Å². The first kappa shape index (κ1) is 17.9. The molecule has 1 saturated heterocycles. The minimum Gasteiger partial charge on any atom is -0.399 e. The molecule has 3 rings (SSSR count). The standard InChI is InChI=1S/C19H27BO2SSi/c1-18(2)19(3,4)22-20(21-18)17-13-12-16(23-17)14-8-10-15(11-9-14)24(5,6)7/h8-13H,1-7H3. The van der Waals surface area contributed by atoms with Crippen molar-refractivity contribution in [1.29, 1.82) is 0 Å². The summed E-state index contributed by atoms with van der Waals surface area (Å²) in [6, 6.07) is 13.4. The second-order valence-corrected chi connectivity index (χ2v) is 14.8. The molecule has 1 fully saturated rings. The van der Waals surface area contributed by atoms with Crippen molar-refractivity contribution in [3.05, 3.63) is 36.4 Å². The maximum absolute atomic E-state index is 6.16. The summed E-state index contributed by atoms with van der Waals surface area (Å²) in [6.07, 6.45) is 0. The van der Waals surface area contributed by atoms with Crippen LogP contribution in [-0.2, 0) is 9.31 Å². The summed E-state index contributed by atoms with van der Waals surface area (Å²) in [4.78, 5) is 1.27. The first-order chi connectivity index (χ1) is 11.0. The van der Waals surface area contributed by atoms with Gasteiger partial charge < -0.3 is 9.31 Å². The van der Waals surface area contributed by atoms with E-state index in [0.717, 1.165) is 4.78 Å². The van der Waals surface area contributed by atoms with E-state index >= 15 is 0 Å². The lowest BCUT2D eigenvalue weighted by Gasteiger charge is -2.32. The zero-order valence-corrected chi connectivity index (χ0v) is 17.6. The summed E-state index contributed by atoms with van der Waals surface area (Å²) in [5, 5.41) is 1.49. The highest BCUT2D eigenvalue weighted by Gasteiger charge is 2.52. The van der Waals surface area contributed by atoms with E-state index in [4.69, 9.17) is 9.31 Å². The monoisotopic (exact) mass is 358 g/mol. The van der Waals surface area contributed by atoms with Gasteiger partial charge in [-0.1, -0.05) is 55.2 Å². The lowest BCUT2D eigenvalue weighted by molar-refractivity contribution is 0.00578. The van der Waals surface area contributed by atoms with Gasteiger partial charge in [-0.05, 0) is 39.3 Å². The predicted octanol–water partition coefficient (Wildman–Crippen LogP) is 4.26. The summed E-state index contributed by atoms with van der Waals surface area (Å²) < 4.78 is 13.5. The molecule has 0 atom stereocenters. The van der Waals surface area contributed by atoms with Crippen LogP contribution >= 0.6 is 11.3 Å². The Morgan fingerprint density at radius 2 is 1.38 bits per heavy atom. The zero-order valence-electron chi connectivity index (χ0n) is 15.8. The molecule has 1 aliphatic heterocycles. The third kappa shape index (κ3) is 3.27. The Morgan fingerprint density at radius 3 is 1.88 bits per heavy atom. The maximum atomic E-state index is 6.16. The molecule has 5 heteroatoms. The molecule has 0 spiro atoms. The van der Waals surface area contributed by atoms with Gasteiger partial charge in [-0.3, -0.25) is 0 Å². The molecule has 0 bridgehead atoms. The summed E-state index contributed by atoms with van der Waals surface area (Å²) in [5.41, 5.74) is 0.687. The van der Waals surface area contributed by atoms with Crippen LogP contribution in [0.5, 0.6) is 0 Å². The van der Waals surface area contributed by atoms with Crippen LogP contribution in [0, 0.1) is 0 Å². The van der Waals surface area contributed by atoms with E-state index in [0.29, 0.717) is 0 Å². The minimum absolute atomic E-state index is 0.269. The van der Waals surface area contributed by atoms with E-state index in [1.807, 2.05) is 0 Å². The molecule has 0 radical (unpaired) electrons. The predicted molar refractivity (Wildman–Crippen MR) is 108 cm³/mol. The van der Waals surface area contributed by atoms with Gasteiger partial charge in [0.25, 0.3) is 0 Å². The van der Waals surface area contributed by atoms with E-state index < -0.39 is 8.07 Å².